The van der Waals surface area contributed by atoms with Crippen molar-refractivity contribution in [2.24, 2.45) is 0 Å². The lowest BCUT2D eigenvalue weighted by atomic mass is 9.95. The molecule has 200 valence electrons. The van der Waals surface area contributed by atoms with E-state index in [4.69, 9.17) is 4.74 Å². The number of rotatable bonds is 9. The topological polar surface area (TPSA) is 12.5 Å². The van der Waals surface area contributed by atoms with Gasteiger partial charge in [0.25, 0.3) is 0 Å². The lowest BCUT2D eigenvalue weighted by molar-refractivity contribution is 0.477. The van der Waals surface area contributed by atoms with Crippen LogP contribution in [0.3, 0.4) is 0 Å². The van der Waals surface area contributed by atoms with Crippen LogP contribution >= 0.6 is 0 Å². The van der Waals surface area contributed by atoms with Crippen LogP contribution in [0.2, 0.25) is 0 Å². The van der Waals surface area contributed by atoms with Crippen molar-refractivity contribution in [1.82, 2.24) is 0 Å². The maximum atomic E-state index is 6.31. The summed E-state index contributed by atoms with van der Waals surface area (Å²) >= 11 is 0. The number of aryl methyl sites for hydroxylation is 2. The second kappa shape index (κ2) is 11.8. The molecule has 0 radical (unpaired) electrons. The number of anilines is 3. The Labute approximate surface area is 238 Å². The number of unbranched alkanes of at least 4 members (excludes halogenated alkanes) is 2. The Morgan fingerprint density at radius 2 is 0.950 bits per heavy atom. The van der Waals surface area contributed by atoms with E-state index in [0.717, 1.165) is 41.4 Å². The van der Waals surface area contributed by atoms with Crippen molar-refractivity contribution in [2.75, 3.05) is 4.90 Å². The van der Waals surface area contributed by atoms with Gasteiger partial charge in [0.05, 0.1) is 11.4 Å². The highest BCUT2D eigenvalue weighted by Crippen LogP contribution is 2.51. The quantitative estimate of drug-likeness (QED) is 0.187. The smallest absolute Gasteiger partial charge is 0.151 e. The van der Waals surface area contributed by atoms with Gasteiger partial charge in [0.15, 0.2) is 11.5 Å². The predicted molar refractivity (Wildman–Crippen MR) is 169 cm³/mol. The Kier molecular flexibility index (Phi) is 7.68. The number of nitrogens with zero attached hydrogens (tertiary/aromatic N) is 1. The molecule has 0 N–H and O–H groups in total. The third-order valence-electron chi connectivity index (χ3n) is 7.82. The molecule has 1 aliphatic rings. The zero-order valence-electron chi connectivity index (χ0n) is 23.6. The molecule has 0 saturated carbocycles. The van der Waals surface area contributed by atoms with Gasteiger partial charge in [-0.1, -0.05) is 99.5 Å². The SMILES string of the molecule is CCCCc1ccc(-c2cc(-c3ccc(CCCC)cc3)cc(N3c4ccccc4Oc4ccccc43)c2)cc1. The molecule has 0 aliphatic carbocycles. The van der Waals surface area contributed by atoms with E-state index < -0.39 is 0 Å². The number of para-hydroxylation sites is 4. The number of ether oxygens (including phenoxy) is 1. The fraction of sp³-hybridized carbons (Fsp3) is 0.211. The van der Waals surface area contributed by atoms with Gasteiger partial charge in [-0.15, -0.1) is 0 Å². The van der Waals surface area contributed by atoms with E-state index in [9.17, 15) is 0 Å². The van der Waals surface area contributed by atoms with E-state index in [-0.39, 0.29) is 0 Å². The Morgan fingerprint density at radius 1 is 0.500 bits per heavy atom. The third kappa shape index (κ3) is 5.40. The summed E-state index contributed by atoms with van der Waals surface area (Å²) in [5.41, 5.74) is 10.9. The Morgan fingerprint density at radius 3 is 1.40 bits per heavy atom. The van der Waals surface area contributed by atoms with E-state index in [1.807, 2.05) is 24.3 Å². The lowest BCUT2D eigenvalue weighted by Crippen LogP contribution is -2.15. The fourth-order valence-electron chi connectivity index (χ4n) is 5.55. The second-order valence-corrected chi connectivity index (χ2v) is 10.7. The monoisotopic (exact) mass is 523 g/mol. The molecule has 0 amide bonds. The first-order valence-corrected chi connectivity index (χ1v) is 14.7. The van der Waals surface area contributed by atoms with Crippen LogP contribution in [-0.2, 0) is 12.8 Å². The molecule has 0 aromatic heterocycles. The van der Waals surface area contributed by atoms with Gasteiger partial charge in [-0.2, -0.15) is 0 Å². The minimum Gasteiger partial charge on any atom is -0.453 e. The maximum Gasteiger partial charge on any atom is 0.151 e. The van der Waals surface area contributed by atoms with Gasteiger partial charge in [-0.05, 0) is 102 Å². The normalized spacial score (nSPS) is 12.0. The first-order valence-electron chi connectivity index (χ1n) is 14.7. The zero-order valence-corrected chi connectivity index (χ0v) is 23.6. The number of fused-ring (bicyclic) bond motifs is 2. The summed E-state index contributed by atoms with van der Waals surface area (Å²) < 4.78 is 6.31. The van der Waals surface area contributed by atoms with Crippen molar-refractivity contribution in [2.45, 2.75) is 52.4 Å². The largest absolute Gasteiger partial charge is 0.453 e. The van der Waals surface area contributed by atoms with Gasteiger partial charge in [-0.3, -0.25) is 0 Å². The van der Waals surface area contributed by atoms with Crippen molar-refractivity contribution in [3.63, 3.8) is 0 Å². The summed E-state index contributed by atoms with van der Waals surface area (Å²) in [6, 6.07) is 41.9. The lowest BCUT2D eigenvalue weighted by Gasteiger charge is -2.33. The average Bonchev–Trinajstić information content (AvgIpc) is 3.02. The van der Waals surface area contributed by atoms with Crippen LogP contribution in [0.15, 0.2) is 115 Å². The van der Waals surface area contributed by atoms with Gasteiger partial charge in [0.2, 0.25) is 0 Å². The van der Waals surface area contributed by atoms with Gasteiger partial charge < -0.3 is 9.64 Å². The molecule has 2 heteroatoms. The van der Waals surface area contributed by atoms with Crippen molar-refractivity contribution in [1.29, 1.82) is 0 Å². The van der Waals surface area contributed by atoms with E-state index in [1.54, 1.807) is 0 Å². The molecule has 1 aliphatic heterocycles. The van der Waals surface area contributed by atoms with Crippen LogP contribution in [-0.4, -0.2) is 0 Å². The summed E-state index contributed by atoms with van der Waals surface area (Å²) in [6.07, 6.45) is 7.15. The Bertz CT molecular complexity index is 1470. The fourth-order valence-corrected chi connectivity index (χ4v) is 5.55. The van der Waals surface area contributed by atoms with E-state index in [2.05, 4.69) is 110 Å². The van der Waals surface area contributed by atoms with Crippen molar-refractivity contribution >= 4 is 17.1 Å². The van der Waals surface area contributed by atoms with Crippen LogP contribution in [0, 0.1) is 0 Å². The minimum absolute atomic E-state index is 0.869. The minimum atomic E-state index is 0.869. The van der Waals surface area contributed by atoms with Crippen LogP contribution in [0.25, 0.3) is 22.3 Å². The molecule has 0 unspecified atom stereocenters. The Hall–Kier alpha value is -4.30. The molecule has 0 fully saturated rings. The summed E-state index contributed by atoms with van der Waals surface area (Å²) in [5.74, 6) is 1.74. The van der Waals surface area contributed by atoms with Crippen molar-refractivity contribution < 1.29 is 4.74 Å². The van der Waals surface area contributed by atoms with Gasteiger partial charge in [0, 0.05) is 5.69 Å². The summed E-state index contributed by atoms with van der Waals surface area (Å²) in [6.45, 7) is 4.50. The molecule has 2 nitrogen and oxygen atoms in total. The maximum absolute atomic E-state index is 6.31. The van der Waals surface area contributed by atoms with E-state index >= 15 is 0 Å². The molecular formula is C38H37NO. The Balaban J connectivity index is 1.48. The molecular weight excluding hydrogens is 486 g/mol. The molecule has 6 rings (SSSR count). The van der Waals surface area contributed by atoms with E-state index in [0.29, 0.717) is 0 Å². The number of benzene rings is 5. The highest BCUT2D eigenvalue weighted by Gasteiger charge is 2.26. The highest BCUT2D eigenvalue weighted by molar-refractivity contribution is 5.90. The molecule has 5 aromatic carbocycles. The zero-order chi connectivity index (χ0) is 27.3. The third-order valence-corrected chi connectivity index (χ3v) is 7.82. The standard InChI is InChI=1S/C38H37NO/c1-3-5-11-28-17-21-30(22-18-28)32-25-33(31-23-19-29(20-24-31)12-6-4-2)27-34(26-32)39-35-13-7-9-15-37(35)40-38-16-10-8-14-36(38)39/h7-10,13-27H,3-6,11-12H2,1-2H3. The van der Waals surface area contributed by atoms with E-state index in [1.165, 1.54) is 59.1 Å². The molecule has 1 heterocycles. The van der Waals surface area contributed by atoms with Gasteiger partial charge in [-0.25, -0.2) is 0 Å². The first kappa shape index (κ1) is 26.0. The molecule has 40 heavy (non-hydrogen) atoms. The summed E-state index contributed by atoms with van der Waals surface area (Å²) in [5, 5.41) is 0. The summed E-state index contributed by atoms with van der Waals surface area (Å²) in [7, 11) is 0. The highest BCUT2D eigenvalue weighted by atomic mass is 16.5. The van der Waals surface area contributed by atoms with Crippen molar-refractivity contribution in [3.8, 4) is 33.8 Å². The molecule has 0 spiro atoms. The summed E-state index contributed by atoms with van der Waals surface area (Å²) in [4.78, 5) is 2.34. The second-order valence-electron chi connectivity index (χ2n) is 10.7. The predicted octanol–water partition coefficient (Wildman–Crippen LogP) is 11.3. The molecule has 0 saturated heterocycles. The molecule has 0 atom stereocenters. The van der Waals surface area contributed by atoms with Gasteiger partial charge >= 0.3 is 0 Å². The van der Waals surface area contributed by atoms with Crippen LogP contribution < -0.4 is 9.64 Å². The molecule has 5 aromatic rings. The van der Waals surface area contributed by atoms with Crippen LogP contribution in [0.4, 0.5) is 17.1 Å². The number of hydrogen-bond donors (Lipinski definition) is 0. The first-order chi connectivity index (χ1) is 19.7. The van der Waals surface area contributed by atoms with Crippen molar-refractivity contribution in [3.05, 3.63) is 126 Å². The van der Waals surface area contributed by atoms with Crippen LogP contribution in [0.5, 0.6) is 11.5 Å². The molecule has 0 bridgehead atoms. The average molecular weight is 524 g/mol. The van der Waals surface area contributed by atoms with Crippen LogP contribution in [0.1, 0.15) is 50.7 Å². The van der Waals surface area contributed by atoms with Gasteiger partial charge in [0.1, 0.15) is 0 Å². The number of hydrogen-bond acceptors (Lipinski definition) is 2.